The van der Waals surface area contributed by atoms with Crippen LogP contribution in [0.25, 0.3) is 131 Å². The summed E-state index contributed by atoms with van der Waals surface area (Å²) in [5, 5.41) is 15.4. The molecule has 2 heteroatoms. The topological polar surface area (TPSA) is 26.3 Å². The summed E-state index contributed by atoms with van der Waals surface area (Å²) in [6.45, 7) is 29.2. The fourth-order valence-corrected chi connectivity index (χ4v) is 24.3. The van der Waals surface area contributed by atoms with E-state index in [0.717, 1.165) is 22.3 Å². The Morgan fingerprint density at radius 3 is 1.25 bits per heavy atom. The molecular weight excluding hydrogens is 1670 g/mol. The van der Waals surface area contributed by atoms with Crippen LogP contribution in [0.5, 0.6) is 0 Å². The first-order chi connectivity index (χ1) is 67.2. The summed E-state index contributed by atoms with van der Waals surface area (Å²) in [6.07, 6.45) is 7.78. The summed E-state index contributed by atoms with van der Waals surface area (Å²) in [6, 6.07) is 151. The van der Waals surface area contributed by atoms with Crippen LogP contribution in [-0.2, 0) is 27.1 Å². The SMILES string of the molecule is CCC1(CC)c2ccccc2-c2ccc(C)cc21.Cc1cc2c(c3ccccc13)-c1ccccc1C2(C)C.Cc1cc2oc3ccccc3c2c2ccccc12.Cc1ccc(C(c2ccccc2)(c2ccccc2)c2ccccc2)cc1.Cc1ccc2c(c1)C(C)(C)c1ccc3ccccc3c1-2.Cc1ccc2c(c1)C1(CCCC1)c1ccccc1-2.Cc1ccc2c(c1)oc1ccc3ccccc3c12. The van der Waals surface area contributed by atoms with Gasteiger partial charge in [-0.15, -0.1) is 0 Å². The van der Waals surface area contributed by atoms with E-state index >= 15 is 0 Å². The first kappa shape index (κ1) is 89.6. The van der Waals surface area contributed by atoms with Crippen molar-refractivity contribution in [2.24, 2.45) is 0 Å². The van der Waals surface area contributed by atoms with Gasteiger partial charge in [0.05, 0.1) is 5.41 Å². The summed E-state index contributed by atoms with van der Waals surface area (Å²) in [5.41, 5.74) is 42.3. The zero-order chi connectivity index (χ0) is 94.8. The van der Waals surface area contributed by atoms with E-state index in [9.17, 15) is 0 Å². The third kappa shape index (κ3) is 15.4. The Kier molecular flexibility index (Phi) is 23.8. The Labute approximate surface area is 814 Å². The number of hydrogen-bond donors (Lipinski definition) is 0. The summed E-state index contributed by atoms with van der Waals surface area (Å²) in [4.78, 5) is 0. The second-order valence-electron chi connectivity index (χ2n) is 40.2. The van der Waals surface area contributed by atoms with Gasteiger partial charge in [0.1, 0.15) is 22.3 Å². The Morgan fingerprint density at radius 1 is 0.232 bits per heavy atom. The van der Waals surface area contributed by atoms with Gasteiger partial charge >= 0.3 is 0 Å². The smallest absolute Gasteiger partial charge is 0.136 e. The van der Waals surface area contributed by atoms with Crippen molar-refractivity contribution in [2.45, 2.75) is 156 Å². The van der Waals surface area contributed by atoms with Crippen LogP contribution in [0.4, 0.5) is 0 Å². The lowest BCUT2D eigenvalue weighted by Crippen LogP contribution is -2.30. The van der Waals surface area contributed by atoms with Gasteiger partial charge in [0.25, 0.3) is 0 Å². The number of rotatable bonds is 6. The van der Waals surface area contributed by atoms with Gasteiger partial charge in [-0.3, -0.25) is 0 Å². The Balaban J connectivity index is 0.0000000963. The molecule has 2 aromatic heterocycles. The van der Waals surface area contributed by atoms with Crippen LogP contribution in [0.15, 0.2) is 427 Å². The molecule has 0 unspecified atom stereocenters. The molecule has 676 valence electrons. The number of benzene rings is 20. The third-order valence-electron chi connectivity index (χ3n) is 31.2. The standard InChI is InChI=1S/C26H22.2C20H18.C18H18.C18H20.2C17H12O/c1-21-17-19-25(20-18-21)26(22-11-5-2-6-12-22,23-13-7-3-8-14-23)24-15-9-4-10-16-24;1-13-12-18-19(15-9-5-4-8-14(13)15)16-10-6-7-11-17(16)20(18,2)3;1-13-8-10-16-18(12-13)20(2,3)17-11-9-14-6-4-5-7-15(14)19(16)17;1-13-8-9-15-14-6-2-3-7-16(14)18(17(15)12-13)10-4-5-11-18;1-4-18(5-2)16-9-7-6-8-14(16)15-11-10-13(3)12-17(15)18;1-11-10-16-17(13-7-3-2-6-12(11)13)14-8-4-5-9-15(14)18-16;1-11-6-8-14-16(10-11)18-15-9-7-12-4-2-3-5-13(12)17(14)15/h2-20H,1H3;2*4-12H,1-3H3;2-3,6-9,12H,4-5,10-11H2,1H3;6-12H,4-5H2,1-3H3;2*2-10H,1H3. The minimum absolute atomic E-state index is 0.0979. The Bertz CT molecular complexity index is 8150. The molecule has 0 amide bonds. The van der Waals surface area contributed by atoms with E-state index in [1.807, 2.05) is 12.1 Å². The highest BCUT2D eigenvalue weighted by atomic mass is 16.3. The van der Waals surface area contributed by atoms with Crippen LogP contribution < -0.4 is 0 Å². The Hall–Kier alpha value is -15.0. The molecule has 1 spiro atoms. The van der Waals surface area contributed by atoms with E-state index in [2.05, 4.69) is 496 Å². The average Bonchev–Trinajstić information content (AvgIpc) is 1.39. The molecular formula is C136H120O2. The molecule has 138 heavy (non-hydrogen) atoms. The molecule has 0 saturated heterocycles. The molecule has 0 N–H and O–H groups in total. The summed E-state index contributed by atoms with van der Waals surface area (Å²) in [7, 11) is 0. The average molecular weight is 1790 g/mol. The van der Waals surface area contributed by atoms with Gasteiger partial charge in [-0.2, -0.15) is 0 Å². The van der Waals surface area contributed by atoms with Crippen LogP contribution in [-0.4, -0.2) is 0 Å². The molecule has 27 rings (SSSR count). The first-order valence-corrected chi connectivity index (χ1v) is 49.7. The third-order valence-corrected chi connectivity index (χ3v) is 31.2. The van der Waals surface area contributed by atoms with Crippen molar-refractivity contribution in [1.29, 1.82) is 0 Å². The molecule has 2 nitrogen and oxygen atoms in total. The van der Waals surface area contributed by atoms with Crippen molar-refractivity contribution in [1.82, 2.24) is 0 Å². The van der Waals surface area contributed by atoms with Crippen molar-refractivity contribution in [2.75, 3.05) is 0 Å². The molecule has 5 aliphatic rings. The largest absolute Gasteiger partial charge is 0.456 e. The minimum atomic E-state index is -0.336. The van der Waals surface area contributed by atoms with Crippen LogP contribution in [0.3, 0.4) is 0 Å². The number of aryl methyl sites for hydroxylation is 7. The molecule has 20 aromatic carbocycles. The van der Waals surface area contributed by atoms with E-state index in [1.54, 1.807) is 11.1 Å². The van der Waals surface area contributed by atoms with E-state index in [4.69, 9.17) is 8.83 Å². The summed E-state index contributed by atoms with van der Waals surface area (Å²) < 4.78 is 11.9. The van der Waals surface area contributed by atoms with E-state index in [-0.39, 0.29) is 21.7 Å². The normalized spacial score (nSPS) is 14.0. The summed E-state index contributed by atoms with van der Waals surface area (Å²) in [5.74, 6) is 0. The van der Waals surface area contributed by atoms with Crippen molar-refractivity contribution in [3.05, 3.63) is 524 Å². The van der Waals surface area contributed by atoms with Crippen molar-refractivity contribution in [3.63, 3.8) is 0 Å². The maximum absolute atomic E-state index is 5.94. The number of para-hydroxylation sites is 1. The van der Waals surface area contributed by atoms with Crippen molar-refractivity contribution >= 4 is 87.0 Å². The van der Waals surface area contributed by atoms with E-state index in [1.165, 1.54) is 242 Å². The quantitative estimate of drug-likeness (QED) is 0.155. The van der Waals surface area contributed by atoms with Gasteiger partial charge in [0, 0.05) is 43.2 Å². The predicted octanol–water partition coefficient (Wildman–Crippen LogP) is 37.3. The van der Waals surface area contributed by atoms with Gasteiger partial charge in [-0.05, 0) is 269 Å². The van der Waals surface area contributed by atoms with Crippen LogP contribution >= 0.6 is 0 Å². The van der Waals surface area contributed by atoms with E-state index < -0.39 is 0 Å². The molecule has 22 aromatic rings. The van der Waals surface area contributed by atoms with Gasteiger partial charge < -0.3 is 8.83 Å². The van der Waals surface area contributed by atoms with Crippen molar-refractivity contribution < 1.29 is 8.83 Å². The van der Waals surface area contributed by atoms with Gasteiger partial charge in [-0.25, -0.2) is 0 Å². The highest BCUT2D eigenvalue weighted by molar-refractivity contribution is 6.20. The second kappa shape index (κ2) is 36.6. The van der Waals surface area contributed by atoms with Gasteiger partial charge in [-0.1, -0.05) is 471 Å². The van der Waals surface area contributed by atoms with Crippen LogP contribution in [0.2, 0.25) is 0 Å². The molecule has 1 fully saturated rings. The fraction of sp³-hybridized carbons (Fsp3) is 0.176. The maximum Gasteiger partial charge on any atom is 0.136 e. The zero-order valence-electron chi connectivity index (χ0n) is 81.9. The highest BCUT2D eigenvalue weighted by Crippen LogP contribution is 2.59. The monoisotopic (exact) mass is 1780 g/mol. The van der Waals surface area contributed by atoms with Gasteiger partial charge in [0.2, 0.25) is 0 Å². The highest BCUT2D eigenvalue weighted by Gasteiger charge is 2.46. The molecule has 1 saturated carbocycles. The molecule has 2 heterocycles. The Morgan fingerprint density at radius 2 is 0.623 bits per heavy atom. The number of furan rings is 2. The number of hydrogen-bond acceptors (Lipinski definition) is 2. The molecule has 0 atom stereocenters. The molecule has 0 aliphatic heterocycles. The maximum atomic E-state index is 5.94. The molecule has 5 aliphatic carbocycles. The first-order valence-electron chi connectivity index (χ1n) is 49.7. The zero-order valence-corrected chi connectivity index (χ0v) is 81.9. The minimum Gasteiger partial charge on any atom is -0.456 e. The van der Waals surface area contributed by atoms with Crippen LogP contribution in [0, 0.1) is 48.5 Å². The second-order valence-corrected chi connectivity index (χ2v) is 40.2. The lowest BCUT2D eigenvalue weighted by atomic mass is 9.65. The van der Waals surface area contributed by atoms with Crippen LogP contribution in [0.1, 0.15) is 186 Å². The van der Waals surface area contributed by atoms with E-state index in [0.29, 0.717) is 5.41 Å². The fourth-order valence-electron chi connectivity index (χ4n) is 24.3. The molecule has 0 bridgehead atoms. The predicted molar refractivity (Wildman–Crippen MR) is 588 cm³/mol. The number of fused-ring (bicyclic) bond motifs is 28. The lowest BCUT2D eigenvalue weighted by molar-refractivity contribution is 0.490. The molecule has 0 radical (unpaired) electrons. The van der Waals surface area contributed by atoms with Crippen molar-refractivity contribution in [3.8, 4) is 44.5 Å². The summed E-state index contributed by atoms with van der Waals surface area (Å²) >= 11 is 0. The lowest BCUT2D eigenvalue weighted by Gasteiger charge is -2.36. The van der Waals surface area contributed by atoms with Gasteiger partial charge in [0.15, 0.2) is 0 Å².